The second kappa shape index (κ2) is 6.04. The first-order chi connectivity index (χ1) is 9.15. The number of halogens is 1. The second-order valence-corrected chi connectivity index (χ2v) is 4.95. The highest BCUT2D eigenvalue weighted by Gasteiger charge is 2.17. The molecule has 0 spiro atoms. The molecule has 0 saturated heterocycles. The van der Waals surface area contributed by atoms with E-state index in [-0.39, 0.29) is 5.15 Å². The highest BCUT2D eigenvalue weighted by Crippen LogP contribution is 2.32. The summed E-state index contributed by atoms with van der Waals surface area (Å²) in [6.45, 7) is 2.55. The van der Waals surface area contributed by atoms with E-state index in [1.54, 1.807) is 0 Å². The Balaban J connectivity index is 2.29. The van der Waals surface area contributed by atoms with Gasteiger partial charge >= 0.3 is 5.97 Å². The van der Waals surface area contributed by atoms with E-state index in [0.717, 1.165) is 11.3 Å². The molecule has 0 aliphatic heterocycles. The number of carbonyl (C=O) groups is 1. The lowest BCUT2D eigenvalue weighted by Crippen LogP contribution is -1.98. The summed E-state index contributed by atoms with van der Waals surface area (Å²) in [5.74, 6) is 0.321. The van der Waals surface area contributed by atoms with Crippen molar-refractivity contribution in [3.05, 3.63) is 34.3 Å². The first kappa shape index (κ1) is 13.8. The van der Waals surface area contributed by atoms with Crippen LogP contribution in [-0.2, 0) is 4.74 Å². The lowest BCUT2D eigenvalue weighted by molar-refractivity contribution is 0.0606. The molecule has 2 rings (SSSR count). The topological polar surface area (TPSA) is 48.4 Å². The minimum Gasteiger partial charge on any atom is -0.494 e. The number of rotatable bonds is 4. The van der Waals surface area contributed by atoms with Gasteiger partial charge < -0.3 is 9.47 Å². The fourth-order valence-corrected chi connectivity index (χ4v) is 2.71. The molecule has 19 heavy (non-hydrogen) atoms. The van der Waals surface area contributed by atoms with Crippen molar-refractivity contribution in [3.63, 3.8) is 0 Å². The third-order valence-electron chi connectivity index (χ3n) is 2.37. The first-order valence-electron chi connectivity index (χ1n) is 5.63. The Kier molecular flexibility index (Phi) is 4.39. The van der Waals surface area contributed by atoms with Crippen LogP contribution >= 0.6 is 22.9 Å². The van der Waals surface area contributed by atoms with Crippen molar-refractivity contribution in [2.24, 2.45) is 0 Å². The van der Waals surface area contributed by atoms with Gasteiger partial charge in [-0.2, -0.15) is 0 Å². The molecule has 2 aromatic rings. The largest absolute Gasteiger partial charge is 0.494 e. The summed E-state index contributed by atoms with van der Waals surface area (Å²) < 4.78 is 10.0. The van der Waals surface area contributed by atoms with Crippen molar-refractivity contribution in [1.82, 2.24) is 4.98 Å². The Labute approximate surface area is 120 Å². The number of hydrogen-bond acceptors (Lipinski definition) is 5. The molecule has 0 radical (unpaired) electrons. The van der Waals surface area contributed by atoms with Crippen LogP contribution in [-0.4, -0.2) is 24.7 Å². The molecule has 0 aliphatic carbocycles. The fraction of sp³-hybridized carbons (Fsp3) is 0.231. The first-order valence-corrected chi connectivity index (χ1v) is 6.83. The monoisotopic (exact) mass is 297 g/mol. The Morgan fingerprint density at radius 2 is 2.05 bits per heavy atom. The number of nitrogens with zero attached hydrogens (tertiary/aromatic N) is 1. The molecule has 1 aromatic carbocycles. The minimum atomic E-state index is -0.473. The van der Waals surface area contributed by atoms with Crippen molar-refractivity contribution in [3.8, 4) is 16.3 Å². The smallest absolute Gasteiger partial charge is 0.351 e. The van der Waals surface area contributed by atoms with E-state index < -0.39 is 5.97 Å². The zero-order chi connectivity index (χ0) is 13.8. The number of esters is 1. The third-order valence-corrected chi connectivity index (χ3v) is 3.84. The molecule has 1 heterocycles. The van der Waals surface area contributed by atoms with Gasteiger partial charge in [-0.05, 0) is 31.2 Å². The summed E-state index contributed by atoms with van der Waals surface area (Å²) in [5.41, 5.74) is 0.880. The molecule has 1 aromatic heterocycles. The van der Waals surface area contributed by atoms with E-state index in [2.05, 4.69) is 9.72 Å². The van der Waals surface area contributed by atoms with E-state index in [1.165, 1.54) is 18.4 Å². The van der Waals surface area contributed by atoms with Gasteiger partial charge in [0.05, 0.1) is 13.7 Å². The molecular formula is C13H12ClNO3S. The maximum absolute atomic E-state index is 11.5. The molecule has 0 bridgehead atoms. The van der Waals surface area contributed by atoms with Crippen LogP contribution in [0.5, 0.6) is 5.75 Å². The summed E-state index contributed by atoms with van der Waals surface area (Å²) in [7, 11) is 1.31. The van der Waals surface area contributed by atoms with Crippen molar-refractivity contribution in [2.45, 2.75) is 6.92 Å². The molecule has 0 atom stereocenters. The molecule has 0 saturated carbocycles. The molecular weight excluding hydrogens is 286 g/mol. The SMILES string of the molecule is CCOc1ccc(-c2nc(Cl)c(C(=O)OC)s2)cc1. The minimum absolute atomic E-state index is 0.167. The zero-order valence-electron chi connectivity index (χ0n) is 10.5. The van der Waals surface area contributed by atoms with Crippen LogP contribution in [0.2, 0.25) is 5.15 Å². The molecule has 0 N–H and O–H groups in total. The van der Waals surface area contributed by atoms with Gasteiger partial charge in [0.2, 0.25) is 0 Å². The number of aromatic nitrogens is 1. The van der Waals surface area contributed by atoms with Crippen molar-refractivity contribution >= 4 is 28.9 Å². The average Bonchev–Trinajstić information content (AvgIpc) is 2.81. The molecule has 0 amide bonds. The normalized spacial score (nSPS) is 10.3. The number of ether oxygens (including phenoxy) is 2. The maximum Gasteiger partial charge on any atom is 0.351 e. The van der Waals surface area contributed by atoms with Gasteiger partial charge in [0.1, 0.15) is 10.8 Å². The van der Waals surface area contributed by atoms with Gasteiger partial charge in [-0.3, -0.25) is 0 Å². The van der Waals surface area contributed by atoms with Crippen molar-refractivity contribution in [1.29, 1.82) is 0 Å². The Bertz CT molecular complexity index is 580. The van der Waals surface area contributed by atoms with Gasteiger partial charge in [0.15, 0.2) is 10.0 Å². The molecule has 4 nitrogen and oxygen atoms in total. The Morgan fingerprint density at radius 1 is 1.37 bits per heavy atom. The van der Waals surface area contributed by atoms with E-state index in [1.807, 2.05) is 31.2 Å². The molecule has 0 fully saturated rings. The summed E-state index contributed by atoms with van der Waals surface area (Å²) in [6, 6.07) is 7.46. The fourth-order valence-electron chi connectivity index (χ4n) is 1.50. The number of methoxy groups -OCH3 is 1. The summed E-state index contributed by atoms with van der Waals surface area (Å²) in [5, 5.41) is 0.842. The van der Waals surface area contributed by atoms with Gasteiger partial charge in [0, 0.05) is 5.56 Å². The van der Waals surface area contributed by atoms with Gasteiger partial charge in [0.25, 0.3) is 0 Å². The number of benzene rings is 1. The maximum atomic E-state index is 11.5. The van der Waals surface area contributed by atoms with Gasteiger partial charge in [-0.1, -0.05) is 11.6 Å². The Hall–Kier alpha value is -1.59. The molecule has 100 valence electrons. The van der Waals surface area contributed by atoms with Crippen LogP contribution in [0.3, 0.4) is 0 Å². The highest BCUT2D eigenvalue weighted by molar-refractivity contribution is 7.17. The summed E-state index contributed by atoms with van der Waals surface area (Å²) in [4.78, 5) is 15.9. The third kappa shape index (κ3) is 3.05. The number of carbonyl (C=O) groups excluding carboxylic acids is 1. The zero-order valence-corrected chi connectivity index (χ0v) is 12.0. The van der Waals surface area contributed by atoms with Crippen molar-refractivity contribution < 1.29 is 14.3 Å². The number of hydrogen-bond donors (Lipinski definition) is 0. The van der Waals surface area contributed by atoms with Gasteiger partial charge in [-0.25, -0.2) is 9.78 Å². The molecule has 0 aliphatic rings. The lowest BCUT2D eigenvalue weighted by atomic mass is 10.2. The quantitative estimate of drug-likeness (QED) is 0.808. The van der Waals surface area contributed by atoms with E-state index in [0.29, 0.717) is 16.5 Å². The van der Waals surface area contributed by atoms with Crippen LogP contribution in [0, 0.1) is 0 Å². The van der Waals surface area contributed by atoms with Crippen LogP contribution in [0.1, 0.15) is 16.6 Å². The Morgan fingerprint density at radius 3 is 2.63 bits per heavy atom. The molecule has 6 heteroatoms. The van der Waals surface area contributed by atoms with Crippen LogP contribution in [0.4, 0.5) is 0 Å². The lowest BCUT2D eigenvalue weighted by Gasteiger charge is -2.02. The summed E-state index contributed by atoms with van der Waals surface area (Å²) in [6.07, 6.45) is 0. The predicted molar refractivity (Wildman–Crippen MR) is 75.1 cm³/mol. The van der Waals surface area contributed by atoms with Gasteiger partial charge in [-0.15, -0.1) is 11.3 Å². The van der Waals surface area contributed by atoms with Crippen LogP contribution < -0.4 is 4.74 Å². The molecule has 0 unspecified atom stereocenters. The van der Waals surface area contributed by atoms with E-state index >= 15 is 0 Å². The van der Waals surface area contributed by atoms with E-state index in [4.69, 9.17) is 16.3 Å². The number of thiazole rings is 1. The van der Waals surface area contributed by atoms with E-state index in [9.17, 15) is 4.79 Å². The highest BCUT2D eigenvalue weighted by atomic mass is 35.5. The average molecular weight is 298 g/mol. The van der Waals surface area contributed by atoms with Crippen LogP contribution in [0.25, 0.3) is 10.6 Å². The summed E-state index contributed by atoms with van der Waals surface area (Å²) >= 11 is 7.13. The second-order valence-electron chi connectivity index (χ2n) is 3.59. The van der Waals surface area contributed by atoms with Crippen molar-refractivity contribution in [2.75, 3.05) is 13.7 Å². The predicted octanol–water partition coefficient (Wildman–Crippen LogP) is 3.65. The van der Waals surface area contributed by atoms with Crippen LogP contribution in [0.15, 0.2) is 24.3 Å². The standard InChI is InChI=1S/C13H12ClNO3S/c1-3-18-9-6-4-8(5-7-9)12-15-11(14)10(19-12)13(16)17-2/h4-7H,3H2,1-2H3.